The van der Waals surface area contributed by atoms with Gasteiger partial charge in [-0.15, -0.1) is 0 Å². The molecule has 3 rings (SSSR count). The monoisotopic (exact) mass is 259 g/mol. The minimum atomic E-state index is -0.528. The van der Waals surface area contributed by atoms with Gasteiger partial charge in [-0.2, -0.15) is 4.98 Å². The van der Waals surface area contributed by atoms with Crippen LogP contribution >= 0.6 is 0 Å². The van der Waals surface area contributed by atoms with E-state index < -0.39 is 5.54 Å². The molecule has 2 heterocycles. The highest BCUT2D eigenvalue weighted by Gasteiger charge is 2.35. The van der Waals surface area contributed by atoms with E-state index >= 15 is 0 Å². The molecule has 5 heteroatoms. The van der Waals surface area contributed by atoms with E-state index in [9.17, 15) is 0 Å². The van der Waals surface area contributed by atoms with Gasteiger partial charge in [-0.1, -0.05) is 35.5 Å². The third-order valence-electron chi connectivity index (χ3n) is 3.48. The summed E-state index contributed by atoms with van der Waals surface area (Å²) in [6, 6.07) is 10.1. The van der Waals surface area contributed by atoms with Crippen LogP contribution in [-0.2, 0) is 16.7 Å². The Balaban J connectivity index is 1.76. The first-order valence-corrected chi connectivity index (χ1v) is 6.50. The Morgan fingerprint density at radius 3 is 2.63 bits per heavy atom. The molecule has 0 saturated carbocycles. The first-order valence-electron chi connectivity index (χ1n) is 6.50. The Morgan fingerprint density at radius 2 is 1.89 bits per heavy atom. The van der Waals surface area contributed by atoms with Gasteiger partial charge in [-0.05, 0) is 18.4 Å². The molecule has 0 spiro atoms. The highest BCUT2D eigenvalue weighted by molar-refractivity contribution is 5.18. The number of nitrogens with zero attached hydrogens (tertiary/aromatic N) is 2. The molecule has 1 aliphatic heterocycles. The number of rotatable bonds is 3. The van der Waals surface area contributed by atoms with Crippen molar-refractivity contribution in [2.45, 2.75) is 24.8 Å². The Bertz CT molecular complexity index is 533. The molecule has 1 fully saturated rings. The molecule has 1 aromatic heterocycles. The zero-order valence-corrected chi connectivity index (χ0v) is 10.7. The molecule has 2 aromatic rings. The van der Waals surface area contributed by atoms with Crippen LogP contribution in [0.5, 0.6) is 0 Å². The highest BCUT2D eigenvalue weighted by Crippen LogP contribution is 2.28. The summed E-state index contributed by atoms with van der Waals surface area (Å²) < 4.78 is 10.7. The number of nitrogens with two attached hydrogens (primary N) is 1. The molecule has 2 N–H and O–H groups in total. The summed E-state index contributed by atoms with van der Waals surface area (Å²) in [4.78, 5) is 4.44. The quantitative estimate of drug-likeness (QED) is 0.906. The average Bonchev–Trinajstić information content (AvgIpc) is 2.90. The molecule has 1 aliphatic rings. The SMILES string of the molecule is NC1(c2nc(Cc3ccccc3)no2)CCOCC1. The van der Waals surface area contributed by atoms with Crippen molar-refractivity contribution in [3.05, 3.63) is 47.6 Å². The van der Waals surface area contributed by atoms with E-state index in [4.69, 9.17) is 15.0 Å². The van der Waals surface area contributed by atoms with E-state index in [1.54, 1.807) is 0 Å². The van der Waals surface area contributed by atoms with Crippen molar-refractivity contribution in [3.63, 3.8) is 0 Å². The zero-order valence-electron chi connectivity index (χ0n) is 10.7. The van der Waals surface area contributed by atoms with Gasteiger partial charge in [-0.3, -0.25) is 0 Å². The van der Waals surface area contributed by atoms with E-state index in [0.717, 1.165) is 18.4 Å². The fraction of sp³-hybridized carbons (Fsp3) is 0.429. The maximum atomic E-state index is 6.31. The summed E-state index contributed by atoms with van der Waals surface area (Å²) in [6.45, 7) is 1.29. The molecule has 1 saturated heterocycles. The minimum Gasteiger partial charge on any atom is -0.381 e. The van der Waals surface area contributed by atoms with Gasteiger partial charge in [0.2, 0.25) is 5.89 Å². The molecule has 1 aromatic carbocycles. The zero-order chi connectivity index (χ0) is 13.1. The fourth-order valence-corrected chi connectivity index (χ4v) is 2.26. The second-order valence-corrected chi connectivity index (χ2v) is 4.95. The number of ether oxygens (including phenoxy) is 1. The van der Waals surface area contributed by atoms with Crippen LogP contribution in [0, 0.1) is 0 Å². The number of hydrogen-bond acceptors (Lipinski definition) is 5. The van der Waals surface area contributed by atoms with Crippen LogP contribution in [0.4, 0.5) is 0 Å². The number of hydrogen-bond donors (Lipinski definition) is 1. The molecular weight excluding hydrogens is 242 g/mol. The molecule has 19 heavy (non-hydrogen) atoms. The summed E-state index contributed by atoms with van der Waals surface area (Å²) in [5.41, 5.74) is 6.94. The minimum absolute atomic E-state index is 0.528. The van der Waals surface area contributed by atoms with Crippen LogP contribution in [0.25, 0.3) is 0 Å². The smallest absolute Gasteiger partial charge is 0.246 e. The largest absolute Gasteiger partial charge is 0.381 e. The summed E-state index contributed by atoms with van der Waals surface area (Å²) >= 11 is 0. The van der Waals surface area contributed by atoms with E-state index in [0.29, 0.717) is 31.3 Å². The van der Waals surface area contributed by atoms with Crippen molar-refractivity contribution >= 4 is 0 Å². The van der Waals surface area contributed by atoms with E-state index in [1.807, 2.05) is 30.3 Å². The van der Waals surface area contributed by atoms with Gasteiger partial charge in [0, 0.05) is 19.6 Å². The Labute approximate surface area is 111 Å². The normalized spacial score (nSPS) is 18.4. The summed E-state index contributed by atoms with van der Waals surface area (Å²) in [6.07, 6.45) is 2.11. The van der Waals surface area contributed by atoms with Gasteiger partial charge >= 0.3 is 0 Å². The maximum Gasteiger partial charge on any atom is 0.246 e. The van der Waals surface area contributed by atoms with Crippen molar-refractivity contribution in [2.75, 3.05) is 13.2 Å². The first-order chi connectivity index (χ1) is 9.26. The Kier molecular flexibility index (Phi) is 3.31. The van der Waals surface area contributed by atoms with Crippen molar-refractivity contribution in [1.82, 2.24) is 10.1 Å². The van der Waals surface area contributed by atoms with Gasteiger partial charge in [-0.25, -0.2) is 0 Å². The number of benzene rings is 1. The van der Waals surface area contributed by atoms with Gasteiger partial charge < -0.3 is 15.0 Å². The predicted octanol–water partition coefficient (Wildman–Crippen LogP) is 1.62. The van der Waals surface area contributed by atoms with Gasteiger partial charge in [0.15, 0.2) is 5.82 Å². The second-order valence-electron chi connectivity index (χ2n) is 4.95. The van der Waals surface area contributed by atoms with Gasteiger partial charge in [0.25, 0.3) is 0 Å². The third kappa shape index (κ3) is 2.67. The summed E-state index contributed by atoms with van der Waals surface area (Å²) in [5.74, 6) is 1.21. The maximum absolute atomic E-state index is 6.31. The molecular formula is C14H17N3O2. The third-order valence-corrected chi connectivity index (χ3v) is 3.48. The lowest BCUT2D eigenvalue weighted by Gasteiger charge is -2.29. The molecule has 0 bridgehead atoms. The molecule has 0 aliphatic carbocycles. The fourth-order valence-electron chi connectivity index (χ4n) is 2.26. The van der Waals surface area contributed by atoms with Gasteiger partial charge in [0.05, 0.1) is 0 Å². The summed E-state index contributed by atoms with van der Waals surface area (Å²) in [5, 5.41) is 4.02. The lowest BCUT2D eigenvalue weighted by Crippen LogP contribution is -2.42. The Hall–Kier alpha value is -1.72. The molecule has 0 amide bonds. The molecule has 0 unspecified atom stereocenters. The first kappa shape index (κ1) is 12.3. The summed E-state index contributed by atoms with van der Waals surface area (Å²) in [7, 11) is 0. The number of aromatic nitrogens is 2. The Morgan fingerprint density at radius 1 is 1.16 bits per heavy atom. The average molecular weight is 259 g/mol. The standard InChI is InChI=1S/C14H17N3O2/c15-14(6-8-18-9-7-14)13-16-12(17-19-13)10-11-4-2-1-3-5-11/h1-5H,6-10,15H2. The molecule has 100 valence electrons. The van der Waals surface area contributed by atoms with Crippen LogP contribution in [0.3, 0.4) is 0 Å². The van der Waals surface area contributed by atoms with E-state index in [-0.39, 0.29) is 0 Å². The van der Waals surface area contributed by atoms with Crippen molar-refractivity contribution in [2.24, 2.45) is 5.73 Å². The molecule has 0 radical (unpaired) electrons. The lowest BCUT2D eigenvalue weighted by molar-refractivity contribution is 0.0400. The van der Waals surface area contributed by atoms with Crippen LogP contribution in [0.1, 0.15) is 30.1 Å². The highest BCUT2D eigenvalue weighted by atomic mass is 16.5. The van der Waals surface area contributed by atoms with Crippen LogP contribution in [0.2, 0.25) is 0 Å². The van der Waals surface area contributed by atoms with Crippen molar-refractivity contribution in [1.29, 1.82) is 0 Å². The second kappa shape index (κ2) is 5.11. The van der Waals surface area contributed by atoms with E-state index in [2.05, 4.69) is 10.1 Å². The topological polar surface area (TPSA) is 74.2 Å². The van der Waals surface area contributed by atoms with Crippen molar-refractivity contribution < 1.29 is 9.26 Å². The van der Waals surface area contributed by atoms with Crippen LogP contribution in [-0.4, -0.2) is 23.4 Å². The lowest BCUT2D eigenvalue weighted by atomic mass is 9.91. The predicted molar refractivity (Wildman–Crippen MR) is 69.5 cm³/mol. The van der Waals surface area contributed by atoms with Crippen LogP contribution < -0.4 is 5.73 Å². The van der Waals surface area contributed by atoms with Crippen LogP contribution in [0.15, 0.2) is 34.9 Å². The van der Waals surface area contributed by atoms with E-state index in [1.165, 1.54) is 0 Å². The van der Waals surface area contributed by atoms with Crippen molar-refractivity contribution in [3.8, 4) is 0 Å². The molecule has 0 atom stereocenters. The van der Waals surface area contributed by atoms with Gasteiger partial charge in [0.1, 0.15) is 5.54 Å². The molecule has 5 nitrogen and oxygen atoms in total.